The first-order chi connectivity index (χ1) is 8.86. The molecule has 1 N–H and O–H groups in total. The molecule has 1 aromatic carbocycles. The van der Waals surface area contributed by atoms with Gasteiger partial charge in [0.1, 0.15) is 0 Å². The summed E-state index contributed by atoms with van der Waals surface area (Å²) in [5.41, 5.74) is 2.00. The van der Waals surface area contributed by atoms with E-state index in [9.17, 15) is 0 Å². The maximum atomic E-state index is 5.57. The third kappa shape index (κ3) is 2.16. The second-order valence-electron chi connectivity index (χ2n) is 4.67. The average molecular weight is 243 g/mol. The molecule has 0 atom stereocenters. The van der Waals surface area contributed by atoms with Crippen LogP contribution in [0.1, 0.15) is 19.8 Å². The van der Waals surface area contributed by atoms with Crippen molar-refractivity contribution in [3.05, 3.63) is 30.5 Å². The highest BCUT2D eigenvalue weighted by atomic mass is 16.5. The summed E-state index contributed by atoms with van der Waals surface area (Å²) >= 11 is 0. The summed E-state index contributed by atoms with van der Waals surface area (Å²) in [6.07, 6.45) is 4.37. The normalized spacial score (nSPS) is 22.7. The van der Waals surface area contributed by atoms with Crippen LogP contribution in [0.5, 0.6) is 0 Å². The molecule has 94 valence electrons. The molecule has 3 rings (SSSR count). The smallest absolute Gasteiger partial charge is 0.0950 e. The minimum atomic E-state index is 0.425. The van der Waals surface area contributed by atoms with Gasteiger partial charge < -0.3 is 10.1 Å². The van der Waals surface area contributed by atoms with E-state index in [4.69, 9.17) is 4.74 Å². The Morgan fingerprint density at radius 1 is 1.33 bits per heavy atom. The second-order valence-corrected chi connectivity index (χ2v) is 4.67. The van der Waals surface area contributed by atoms with E-state index in [1.807, 2.05) is 25.1 Å². The van der Waals surface area contributed by atoms with Gasteiger partial charge in [0.25, 0.3) is 0 Å². The number of hydrogen-bond donors (Lipinski definition) is 1. The van der Waals surface area contributed by atoms with Gasteiger partial charge in [0.05, 0.1) is 23.5 Å². The summed E-state index contributed by atoms with van der Waals surface area (Å²) in [6.45, 7) is 2.85. The zero-order valence-electron chi connectivity index (χ0n) is 10.5. The van der Waals surface area contributed by atoms with Crippen molar-refractivity contribution in [1.29, 1.82) is 0 Å². The van der Waals surface area contributed by atoms with Crippen molar-refractivity contribution in [2.24, 2.45) is 0 Å². The molecule has 2 aromatic rings. The summed E-state index contributed by atoms with van der Waals surface area (Å²) < 4.78 is 5.57. The molecule has 1 heterocycles. The molecule has 0 unspecified atom stereocenters. The number of hydrogen-bond acceptors (Lipinski definition) is 4. The largest absolute Gasteiger partial charge is 0.380 e. The molecule has 0 bridgehead atoms. The summed E-state index contributed by atoms with van der Waals surface area (Å²) in [5.74, 6) is 0. The minimum Gasteiger partial charge on any atom is -0.380 e. The van der Waals surface area contributed by atoms with E-state index in [0.29, 0.717) is 12.1 Å². The van der Waals surface area contributed by atoms with E-state index in [0.717, 1.165) is 36.0 Å². The van der Waals surface area contributed by atoms with Crippen LogP contribution in [0.25, 0.3) is 10.9 Å². The lowest BCUT2D eigenvalue weighted by Gasteiger charge is -2.36. The number of anilines is 1. The molecule has 1 saturated carbocycles. The Hall–Kier alpha value is -1.68. The van der Waals surface area contributed by atoms with Crippen LogP contribution in [-0.4, -0.2) is 29.0 Å². The Morgan fingerprint density at radius 2 is 2.17 bits per heavy atom. The Balaban J connectivity index is 1.72. The summed E-state index contributed by atoms with van der Waals surface area (Å²) in [5, 5.41) is 12.8. The summed E-state index contributed by atoms with van der Waals surface area (Å²) in [4.78, 5) is 0. The molecular formula is C14H17N3O. The minimum absolute atomic E-state index is 0.425. The molecule has 0 saturated heterocycles. The fourth-order valence-electron chi connectivity index (χ4n) is 2.40. The molecule has 1 aliphatic rings. The number of fused-ring (bicyclic) bond motifs is 1. The van der Waals surface area contributed by atoms with Gasteiger partial charge in [-0.25, -0.2) is 0 Å². The van der Waals surface area contributed by atoms with Gasteiger partial charge in [-0.3, -0.25) is 0 Å². The second kappa shape index (κ2) is 4.90. The van der Waals surface area contributed by atoms with Gasteiger partial charge in [-0.1, -0.05) is 18.2 Å². The molecular weight excluding hydrogens is 226 g/mol. The molecule has 0 radical (unpaired) electrons. The van der Waals surface area contributed by atoms with Crippen LogP contribution >= 0.6 is 0 Å². The van der Waals surface area contributed by atoms with Gasteiger partial charge in [0, 0.05) is 18.0 Å². The van der Waals surface area contributed by atoms with Crippen molar-refractivity contribution in [2.45, 2.75) is 31.9 Å². The van der Waals surface area contributed by atoms with Crippen LogP contribution < -0.4 is 5.32 Å². The third-order valence-corrected chi connectivity index (χ3v) is 3.40. The molecule has 0 spiro atoms. The number of rotatable bonds is 4. The van der Waals surface area contributed by atoms with Crippen LogP contribution in [0.3, 0.4) is 0 Å². The predicted molar refractivity (Wildman–Crippen MR) is 71.6 cm³/mol. The van der Waals surface area contributed by atoms with Crippen molar-refractivity contribution in [3.63, 3.8) is 0 Å². The van der Waals surface area contributed by atoms with E-state index >= 15 is 0 Å². The number of ether oxygens (including phenoxy) is 1. The Labute approximate surface area is 106 Å². The lowest BCUT2D eigenvalue weighted by molar-refractivity contribution is 0.00301. The molecule has 4 heteroatoms. The van der Waals surface area contributed by atoms with E-state index in [1.54, 1.807) is 6.20 Å². The predicted octanol–water partition coefficient (Wildman–Crippen LogP) is 2.61. The molecule has 1 aliphatic carbocycles. The van der Waals surface area contributed by atoms with Gasteiger partial charge in [0.15, 0.2) is 0 Å². The molecule has 1 fully saturated rings. The maximum Gasteiger partial charge on any atom is 0.0950 e. The van der Waals surface area contributed by atoms with E-state index < -0.39 is 0 Å². The number of benzene rings is 1. The monoisotopic (exact) mass is 243 g/mol. The van der Waals surface area contributed by atoms with Gasteiger partial charge in [0.2, 0.25) is 0 Å². The van der Waals surface area contributed by atoms with E-state index in [2.05, 4.69) is 21.6 Å². The van der Waals surface area contributed by atoms with Crippen LogP contribution in [0.4, 0.5) is 5.69 Å². The molecule has 4 nitrogen and oxygen atoms in total. The van der Waals surface area contributed by atoms with Crippen molar-refractivity contribution < 1.29 is 4.74 Å². The fourth-order valence-corrected chi connectivity index (χ4v) is 2.40. The van der Waals surface area contributed by atoms with Crippen LogP contribution in [-0.2, 0) is 4.74 Å². The highest BCUT2D eigenvalue weighted by Crippen LogP contribution is 2.29. The quantitative estimate of drug-likeness (QED) is 0.896. The van der Waals surface area contributed by atoms with Gasteiger partial charge in [-0.05, 0) is 25.8 Å². The summed E-state index contributed by atoms with van der Waals surface area (Å²) in [7, 11) is 0. The highest BCUT2D eigenvalue weighted by Gasteiger charge is 2.29. The zero-order valence-corrected chi connectivity index (χ0v) is 10.5. The number of nitrogens with one attached hydrogen (secondary N) is 1. The number of aromatic nitrogens is 2. The van der Waals surface area contributed by atoms with Crippen LogP contribution in [0, 0.1) is 0 Å². The zero-order chi connectivity index (χ0) is 12.4. The number of nitrogens with zero attached hydrogens (tertiary/aromatic N) is 2. The standard InChI is InChI=1S/C14H17N3O/c1-2-18-11-7-10(8-11)16-14-9-15-17-13-6-4-3-5-12(13)14/h3-6,9-11H,2,7-8H2,1H3,(H,16,17). The summed E-state index contributed by atoms with van der Waals surface area (Å²) in [6, 6.07) is 8.56. The van der Waals surface area contributed by atoms with Gasteiger partial charge >= 0.3 is 0 Å². The molecule has 18 heavy (non-hydrogen) atoms. The SMILES string of the molecule is CCOC1CC(Nc2cnnc3ccccc23)C1. The molecule has 1 aromatic heterocycles. The van der Waals surface area contributed by atoms with Crippen molar-refractivity contribution >= 4 is 16.6 Å². The molecule has 0 amide bonds. The van der Waals surface area contributed by atoms with Gasteiger partial charge in [-0.2, -0.15) is 10.2 Å². The Morgan fingerprint density at radius 3 is 3.00 bits per heavy atom. The van der Waals surface area contributed by atoms with Crippen molar-refractivity contribution in [3.8, 4) is 0 Å². The first-order valence-corrected chi connectivity index (χ1v) is 6.45. The lowest BCUT2D eigenvalue weighted by Crippen LogP contribution is -2.40. The van der Waals surface area contributed by atoms with E-state index in [1.165, 1.54) is 0 Å². The van der Waals surface area contributed by atoms with Crippen molar-refractivity contribution in [2.75, 3.05) is 11.9 Å². The highest BCUT2D eigenvalue weighted by molar-refractivity contribution is 5.90. The maximum absolute atomic E-state index is 5.57. The Kier molecular flexibility index (Phi) is 3.11. The first-order valence-electron chi connectivity index (χ1n) is 6.45. The van der Waals surface area contributed by atoms with E-state index in [-0.39, 0.29) is 0 Å². The van der Waals surface area contributed by atoms with Crippen LogP contribution in [0.2, 0.25) is 0 Å². The van der Waals surface area contributed by atoms with Gasteiger partial charge in [-0.15, -0.1) is 0 Å². The average Bonchev–Trinajstić information content (AvgIpc) is 2.37. The first kappa shape index (κ1) is 11.4. The molecule has 0 aliphatic heterocycles. The fraction of sp³-hybridized carbons (Fsp3) is 0.429. The topological polar surface area (TPSA) is 47.0 Å². The van der Waals surface area contributed by atoms with Crippen LogP contribution in [0.15, 0.2) is 30.5 Å². The lowest BCUT2D eigenvalue weighted by atomic mass is 9.89. The van der Waals surface area contributed by atoms with Crippen molar-refractivity contribution in [1.82, 2.24) is 10.2 Å². The third-order valence-electron chi connectivity index (χ3n) is 3.40. The Bertz CT molecular complexity index is 532.